The summed E-state index contributed by atoms with van der Waals surface area (Å²) < 4.78 is 95.6. The van der Waals surface area contributed by atoms with E-state index in [1.807, 2.05) is 13.0 Å². The van der Waals surface area contributed by atoms with Gasteiger partial charge in [0.25, 0.3) is 0 Å². The quantitative estimate of drug-likeness (QED) is 0.0236. The number of ether oxygens (including phenoxy) is 16. The summed E-state index contributed by atoms with van der Waals surface area (Å²) in [5, 5.41) is 191. The van der Waals surface area contributed by atoms with Gasteiger partial charge in [-0.25, -0.2) is 4.79 Å². The molecule has 6 heterocycles. The number of fused-ring (bicyclic) bond motifs is 7. The molecule has 6 aliphatic heterocycles. The Morgan fingerprint density at radius 1 is 0.559 bits per heavy atom. The minimum Gasteiger partial charge on any atom is -0.493 e. The summed E-state index contributed by atoms with van der Waals surface area (Å²) in [5.74, 6) is -4.19. The van der Waals surface area contributed by atoms with E-state index in [9.17, 15) is 96.4 Å². The fourth-order valence-electron chi connectivity index (χ4n) is 20.5. The molecule has 12 rings (SSSR count). The van der Waals surface area contributed by atoms with Crippen molar-refractivity contribution in [2.24, 2.45) is 50.2 Å². The van der Waals surface area contributed by atoms with Crippen molar-refractivity contribution < 1.29 is 177 Å². The standard InChI is InChI=1S/C75H112O36/c1-31-53(105-44(82)14-11-33-21-39(96-8)56(98-10)40(22-33)97-9)50(88)58(109-64-52(90)57(108-66-59(91)75(95,29-78)30-101-66)54(32(2)102-64)106-62-51(89)55(38(81)27-100-62)107-61-48(86)45(83)37(80)26-99-61)65(103-31)111-68(94)73-18-17-69(3,4)23-35(73)34-12-13-42-70(5)24-36(79)60(110-63-49(87)47(85)46(84)41(25-76)104-63)72(7,67(92)93)43(70)15-16-71(42,6)74(34,28-77)20-19-73/h11-12,14,21-22,31-32,35-38,41-43,45-55,57-66,76-81,83-91,95H,13,15-20,23-30H2,1-10H3,(H,92,93)/b14-11+/t31-,32+,35+,36+,37+,38-,41-,42?,43?,45+,46-,47+,48-,49-,50+,51-,52-,53+,54+,55+,57+,58-,59+,60+,61+,62+,63+,64+,65+,66+,70-,71-,72+,73+,74+,75-/m1/s1. The predicted molar refractivity (Wildman–Crippen MR) is 371 cm³/mol. The van der Waals surface area contributed by atoms with Crippen LogP contribution in [-0.2, 0) is 76.0 Å². The zero-order valence-electron chi connectivity index (χ0n) is 63.7. The first-order chi connectivity index (χ1) is 52.3. The van der Waals surface area contributed by atoms with Crippen molar-refractivity contribution in [3.05, 3.63) is 35.4 Å². The number of aliphatic hydroxyl groups is 16. The first kappa shape index (κ1) is 85.8. The van der Waals surface area contributed by atoms with Crippen LogP contribution in [0.3, 0.4) is 0 Å². The number of carboxylic acid groups (broad SMARTS) is 1. The molecule has 0 radical (unpaired) electrons. The van der Waals surface area contributed by atoms with Crippen molar-refractivity contribution in [3.63, 3.8) is 0 Å². The van der Waals surface area contributed by atoms with Gasteiger partial charge in [-0.3, -0.25) is 9.59 Å². The number of esters is 2. The predicted octanol–water partition coefficient (Wildman–Crippen LogP) is -3.11. The lowest BCUT2D eigenvalue weighted by molar-refractivity contribution is -0.388. The number of carboxylic acids is 1. The summed E-state index contributed by atoms with van der Waals surface area (Å²) in [6.45, 7) is 8.42. The summed E-state index contributed by atoms with van der Waals surface area (Å²) in [5.41, 5.74) is -7.77. The molecule has 17 N–H and O–H groups in total. The Morgan fingerprint density at radius 3 is 1.78 bits per heavy atom. The van der Waals surface area contributed by atoms with E-state index in [-0.39, 0.29) is 49.4 Å². The first-order valence-corrected chi connectivity index (χ1v) is 38.0. The van der Waals surface area contributed by atoms with Gasteiger partial charge in [0.2, 0.25) is 12.0 Å². The van der Waals surface area contributed by atoms with Crippen LogP contribution < -0.4 is 14.2 Å². The van der Waals surface area contributed by atoms with Gasteiger partial charge in [0.1, 0.15) is 103 Å². The maximum atomic E-state index is 16.2. The summed E-state index contributed by atoms with van der Waals surface area (Å²) in [4.78, 5) is 44.3. The van der Waals surface area contributed by atoms with Crippen LogP contribution in [0.15, 0.2) is 29.9 Å². The van der Waals surface area contributed by atoms with Gasteiger partial charge in [-0.05, 0) is 136 Å². The first-order valence-electron chi connectivity index (χ1n) is 38.0. The van der Waals surface area contributed by atoms with Gasteiger partial charge >= 0.3 is 17.9 Å². The Morgan fingerprint density at radius 2 is 1.15 bits per heavy atom. The molecule has 10 fully saturated rings. The molecule has 5 aliphatic carbocycles. The van der Waals surface area contributed by atoms with Gasteiger partial charge in [-0.1, -0.05) is 39.3 Å². The Bertz CT molecular complexity index is 3480. The number of allylic oxidation sites excluding steroid dienone is 1. The molecule has 0 spiro atoms. The van der Waals surface area contributed by atoms with Gasteiger partial charge in [-0.15, -0.1) is 0 Å². The number of carbonyl (C=O) groups is 3. The number of rotatable bonds is 22. The lowest BCUT2D eigenvalue weighted by Gasteiger charge is -2.71. The zero-order valence-corrected chi connectivity index (χ0v) is 63.7. The molecular formula is C75H112O36. The summed E-state index contributed by atoms with van der Waals surface area (Å²) >= 11 is 0. The third-order valence-corrected chi connectivity index (χ3v) is 26.9. The van der Waals surface area contributed by atoms with Crippen molar-refractivity contribution in [3.8, 4) is 17.2 Å². The second-order valence-corrected chi connectivity index (χ2v) is 33.7. The molecule has 628 valence electrons. The highest BCUT2D eigenvalue weighted by atomic mass is 16.8. The number of hydrogen-bond acceptors (Lipinski definition) is 35. The summed E-state index contributed by atoms with van der Waals surface area (Å²) in [7, 11) is 4.22. The van der Waals surface area contributed by atoms with Gasteiger partial charge in [0, 0.05) is 11.5 Å². The molecule has 0 bridgehead atoms. The SMILES string of the molecule is COc1cc(/C=C/C(=O)O[C@@H]2[C@H](O)[C@@H](O[C@@H]3O[C@@H](C)[C@H](O[C@@H]4OC[C@@H](O)[C@H](O[C@@H]5OC[C@H](O)[C@H](O)[C@H]5O)[C@H]4O)[C@@H](O[C@@H]4OC[C@](O)(CO)[C@H]4O)[C@H]3O)[C@H](OC(=O)[C@]34CCC(C)(C)C[C@H]3C3=CCC5[C@@]6(C)C[C@H](O)[C@H](O[C@@H]7O[C@H](CO)[C@@H](O)[C@H](O)[C@H]7O)[C@@](C)(C(=O)O)C6CC[C@@]5(C)[C@]3(CO)CC4)O[C@@H]2C)cc(OC)c1OC. The fraction of sp³-hybridized carbons (Fsp3) is 0.827. The zero-order chi connectivity index (χ0) is 80.9. The van der Waals surface area contributed by atoms with Crippen molar-refractivity contribution in [2.45, 2.75) is 278 Å². The molecule has 11 aliphatic rings. The third kappa shape index (κ3) is 15.0. The average Bonchev–Trinajstić information content (AvgIpc) is 1.10. The molecule has 36 nitrogen and oxygen atoms in total. The normalized spacial score (nSPS) is 48.4. The monoisotopic (exact) mass is 1590 g/mol. The highest BCUT2D eigenvalue weighted by Crippen LogP contribution is 2.76. The van der Waals surface area contributed by atoms with E-state index in [0.717, 1.165) is 11.6 Å². The molecule has 0 amide bonds. The lowest BCUT2D eigenvalue weighted by Crippen LogP contribution is -2.71. The van der Waals surface area contributed by atoms with Gasteiger partial charge in [0.05, 0.1) is 90.1 Å². The minimum absolute atomic E-state index is 0.0230. The van der Waals surface area contributed by atoms with Crippen LogP contribution in [0, 0.1) is 50.2 Å². The Hall–Kier alpha value is -4.57. The molecule has 111 heavy (non-hydrogen) atoms. The van der Waals surface area contributed by atoms with Crippen LogP contribution >= 0.6 is 0 Å². The van der Waals surface area contributed by atoms with Crippen LogP contribution in [0.25, 0.3) is 6.08 Å². The van der Waals surface area contributed by atoms with Crippen LogP contribution in [0.1, 0.15) is 112 Å². The molecule has 2 unspecified atom stereocenters. The molecule has 36 atom stereocenters. The molecular weight excluding hydrogens is 1480 g/mol. The second kappa shape index (κ2) is 32.7. The molecule has 1 aromatic carbocycles. The van der Waals surface area contributed by atoms with Crippen molar-refractivity contribution >= 4 is 24.0 Å². The number of aliphatic hydroxyl groups excluding tert-OH is 15. The van der Waals surface area contributed by atoms with Crippen molar-refractivity contribution in [2.75, 3.05) is 61.0 Å². The largest absolute Gasteiger partial charge is 0.493 e. The number of carbonyl (C=O) groups excluding carboxylic acids is 2. The van der Waals surface area contributed by atoms with Crippen LogP contribution in [0.4, 0.5) is 0 Å². The highest BCUT2D eigenvalue weighted by molar-refractivity contribution is 5.87. The Kier molecular flexibility index (Phi) is 25.3. The van der Waals surface area contributed by atoms with E-state index >= 15 is 4.79 Å². The maximum absolute atomic E-state index is 16.2. The van der Waals surface area contributed by atoms with Gasteiger partial charge in [0.15, 0.2) is 55.2 Å². The highest BCUT2D eigenvalue weighted by Gasteiger charge is 2.74. The third-order valence-electron chi connectivity index (χ3n) is 26.9. The molecule has 4 saturated carbocycles. The molecule has 1 aromatic rings. The number of hydrogen-bond donors (Lipinski definition) is 17. The Balaban J connectivity index is 0.857. The fourth-order valence-corrected chi connectivity index (χ4v) is 20.5. The Labute approximate surface area is 640 Å². The average molecular weight is 1590 g/mol. The van der Waals surface area contributed by atoms with E-state index in [1.54, 1.807) is 12.1 Å². The number of methoxy groups -OCH3 is 3. The molecule has 6 saturated heterocycles. The number of aliphatic carboxylic acids is 1. The van der Waals surface area contributed by atoms with Crippen LogP contribution in [0.5, 0.6) is 17.2 Å². The van der Waals surface area contributed by atoms with E-state index in [1.165, 1.54) is 48.2 Å². The topological polar surface area (TPSA) is 543 Å². The van der Waals surface area contributed by atoms with Gasteiger partial charge < -0.3 is 163 Å². The lowest BCUT2D eigenvalue weighted by atomic mass is 9.33. The second-order valence-electron chi connectivity index (χ2n) is 33.7. The summed E-state index contributed by atoms with van der Waals surface area (Å²) in [6, 6.07) is 3.11. The van der Waals surface area contributed by atoms with Crippen molar-refractivity contribution in [1.29, 1.82) is 0 Å². The van der Waals surface area contributed by atoms with Crippen molar-refractivity contribution in [1.82, 2.24) is 0 Å². The van der Waals surface area contributed by atoms with E-state index < -0.39 is 279 Å². The smallest absolute Gasteiger partial charge is 0.331 e. The van der Waals surface area contributed by atoms with Gasteiger partial charge in [-0.2, -0.15) is 0 Å². The molecule has 36 heteroatoms. The summed E-state index contributed by atoms with van der Waals surface area (Å²) in [6.07, 6.45) is -41.1. The van der Waals surface area contributed by atoms with E-state index in [0.29, 0.717) is 31.2 Å². The van der Waals surface area contributed by atoms with Crippen LogP contribution in [0.2, 0.25) is 0 Å². The van der Waals surface area contributed by atoms with Crippen LogP contribution in [-0.4, -0.2) is 337 Å². The molecule has 0 aromatic heterocycles. The van der Waals surface area contributed by atoms with E-state index in [2.05, 4.69) is 20.8 Å². The minimum atomic E-state index is -2.31. The van der Waals surface area contributed by atoms with E-state index in [4.69, 9.17) is 75.8 Å². The maximum Gasteiger partial charge on any atom is 0.331 e. The number of benzene rings is 1.